The van der Waals surface area contributed by atoms with Crippen LogP contribution in [0, 0.1) is 46.3 Å². The van der Waals surface area contributed by atoms with Crippen LogP contribution in [0.3, 0.4) is 0 Å². The molecule has 3 nitrogen and oxygen atoms in total. The van der Waals surface area contributed by atoms with E-state index in [1.807, 2.05) is 6.92 Å². The maximum absolute atomic E-state index is 12.7. The lowest BCUT2D eigenvalue weighted by molar-refractivity contribution is -0.145. The van der Waals surface area contributed by atoms with Gasteiger partial charge in [0.15, 0.2) is 5.78 Å². The van der Waals surface area contributed by atoms with Crippen molar-refractivity contribution in [3.63, 3.8) is 0 Å². The Bertz CT molecular complexity index is 679. The smallest absolute Gasteiger partial charge is 0.158 e. The predicted molar refractivity (Wildman–Crippen MR) is 101 cm³/mol. The summed E-state index contributed by atoms with van der Waals surface area (Å²) in [5.41, 5.74) is 1.56. The summed E-state index contributed by atoms with van der Waals surface area (Å²) in [5, 5.41) is 10.7. The summed E-state index contributed by atoms with van der Waals surface area (Å²) in [5.74, 6) is 2.32. The van der Waals surface area contributed by atoms with E-state index in [4.69, 9.17) is 0 Å². The molecule has 0 saturated heterocycles. The van der Waals surface area contributed by atoms with Gasteiger partial charge in [0.2, 0.25) is 0 Å². The van der Waals surface area contributed by atoms with Crippen LogP contribution in [-0.2, 0) is 9.59 Å². The number of rotatable bonds is 1. The minimum atomic E-state index is -0.469. The number of aldehydes is 1. The monoisotopic (exact) mass is 358 g/mol. The average molecular weight is 359 g/mol. The molecule has 9 atom stereocenters. The molecule has 0 bridgehead atoms. The SMILES string of the molecule is CC1=C2C(C)C(C)[C@H]3[C@@H]4CC[C@H](O)[C@@]4(C)CC[C@@H]3[C@@]2(C=O)C(C)CC1=O. The Balaban J connectivity index is 1.89. The van der Waals surface area contributed by atoms with Crippen LogP contribution in [0.4, 0.5) is 0 Å². The molecular formula is C23H34O3. The number of allylic oxidation sites excluding steroid dienone is 1. The van der Waals surface area contributed by atoms with Gasteiger partial charge in [-0.1, -0.05) is 27.7 Å². The lowest BCUT2D eigenvalue weighted by atomic mass is 9.40. The average Bonchev–Trinajstić information content (AvgIpc) is 2.91. The Morgan fingerprint density at radius 3 is 2.46 bits per heavy atom. The Morgan fingerprint density at radius 2 is 1.81 bits per heavy atom. The van der Waals surface area contributed by atoms with Crippen LogP contribution in [0.2, 0.25) is 0 Å². The molecule has 0 aromatic heterocycles. The summed E-state index contributed by atoms with van der Waals surface area (Å²) in [4.78, 5) is 25.3. The van der Waals surface area contributed by atoms with Gasteiger partial charge in [0, 0.05) is 6.42 Å². The van der Waals surface area contributed by atoms with E-state index in [2.05, 4.69) is 27.7 Å². The number of aliphatic hydroxyl groups is 1. The van der Waals surface area contributed by atoms with Crippen molar-refractivity contribution in [2.24, 2.45) is 46.3 Å². The molecule has 0 aliphatic heterocycles. The van der Waals surface area contributed by atoms with Crippen LogP contribution < -0.4 is 0 Å². The molecule has 4 aliphatic rings. The molecule has 0 amide bonds. The molecule has 3 unspecified atom stereocenters. The quantitative estimate of drug-likeness (QED) is 0.715. The van der Waals surface area contributed by atoms with Crippen molar-refractivity contribution in [3.05, 3.63) is 11.1 Å². The second kappa shape index (κ2) is 5.77. The van der Waals surface area contributed by atoms with Crippen molar-refractivity contribution in [3.8, 4) is 0 Å². The van der Waals surface area contributed by atoms with Crippen LogP contribution in [0.15, 0.2) is 11.1 Å². The van der Waals surface area contributed by atoms with Crippen molar-refractivity contribution in [2.45, 2.75) is 72.8 Å². The summed E-state index contributed by atoms with van der Waals surface area (Å²) in [6.07, 6.45) is 5.52. The molecule has 0 aromatic carbocycles. The number of aliphatic hydroxyl groups excluding tert-OH is 1. The van der Waals surface area contributed by atoms with Crippen molar-refractivity contribution < 1.29 is 14.7 Å². The molecule has 1 N–H and O–H groups in total. The van der Waals surface area contributed by atoms with Crippen LogP contribution in [-0.4, -0.2) is 23.3 Å². The summed E-state index contributed by atoms with van der Waals surface area (Å²) in [6, 6.07) is 0. The van der Waals surface area contributed by atoms with E-state index in [1.54, 1.807) is 0 Å². The van der Waals surface area contributed by atoms with E-state index in [1.165, 1.54) is 6.29 Å². The molecule has 4 rings (SSSR count). The lowest BCUT2D eigenvalue weighted by Crippen LogP contribution is -2.60. The molecule has 144 valence electrons. The van der Waals surface area contributed by atoms with Gasteiger partial charge in [-0.3, -0.25) is 4.79 Å². The molecule has 3 fully saturated rings. The standard InChI is InChI=1S/C23H34O3/c1-12-10-18(25)15(4)21-14(3)13(2)20-16-6-7-19(26)22(16,5)9-8-17(20)23(12,21)11-24/h11-14,16-17,19-20,26H,6-10H2,1-5H3/t12?,13?,14?,16-,17-,19-,20-,22-,23+/m0/s1. The van der Waals surface area contributed by atoms with Gasteiger partial charge < -0.3 is 9.90 Å². The van der Waals surface area contributed by atoms with E-state index >= 15 is 0 Å². The zero-order chi connectivity index (χ0) is 19.0. The third-order valence-electron chi connectivity index (χ3n) is 9.54. The fourth-order valence-electron chi connectivity index (χ4n) is 7.96. The Labute approximate surface area is 157 Å². The zero-order valence-electron chi connectivity index (χ0n) is 16.9. The zero-order valence-corrected chi connectivity index (χ0v) is 16.9. The van der Waals surface area contributed by atoms with Crippen LogP contribution >= 0.6 is 0 Å². The topological polar surface area (TPSA) is 54.4 Å². The van der Waals surface area contributed by atoms with Crippen molar-refractivity contribution in [2.75, 3.05) is 0 Å². The third kappa shape index (κ3) is 1.99. The first-order chi connectivity index (χ1) is 12.2. The fourth-order valence-corrected chi connectivity index (χ4v) is 7.96. The number of Topliss-reactive ketones (excluding diaryl/α,β-unsaturated/α-hetero) is 1. The molecule has 0 aromatic rings. The van der Waals surface area contributed by atoms with Gasteiger partial charge in [-0.2, -0.15) is 0 Å². The Kier molecular flexibility index (Phi) is 4.08. The highest BCUT2D eigenvalue weighted by molar-refractivity contribution is 5.99. The second-order valence-electron chi connectivity index (χ2n) is 10.2. The van der Waals surface area contributed by atoms with E-state index in [-0.39, 0.29) is 29.1 Å². The number of carbonyl (C=O) groups is 2. The van der Waals surface area contributed by atoms with Gasteiger partial charge in [0.1, 0.15) is 6.29 Å². The minimum absolute atomic E-state index is 0.00318. The van der Waals surface area contributed by atoms with Gasteiger partial charge in [-0.25, -0.2) is 0 Å². The Hall–Kier alpha value is -0.960. The number of hydrogen-bond donors (Lipinski definition) is 1. The van der Waals surface area contributed by atoms with Crippen LogP contribution in [0.25, 0.3) is 0 Å². The lowest BCUT2D eigenvalue weighted by Gasteiger charge is -2.62. The first-order valence-corrected chi connectivity index (χ1v) is 10.6. The predicted octanol–water partition coefficient (Wildman–Crippen LogP) is 4.19. The van der Waals surface area contributed by atoms with Crippen molar-refractivity contribution in [1.82, 2.24) is 0 Å². The van der Waals surface area contributed by atoms with Crippen molar-refractivity contribution >= 4 is 12.1 Å². The summed E-state index contributed by atoms with van der Waals surface area (Å²) in [6.45, 7) is 10.9. The first kappa shape index (κ1) is 18.4. The van der Waals surface area contributed by atoms with Gasteiger partial charge in [-0.15, -0.1) is 0 Å². The number of ketones is 1. The summed E-state index contributed by atoms with van der Waals surface area (Å²) >= 11 is 0. The van der Waals surface area contributed by atoms with E-state index in [0.717, 1.165) is 36.8 Å². The fraction of sp³-hybridized carbons (Fsp3) is 0.826. The number of carbonyl (C=O) groups excluding carboxylic acids is 2. The normalized spacial score (nSPS) is 53.8. The molecular weight excluding hydrogens is 324 g/mol. The molecule has 4 aliphatic carbocycles. The largest absolute Gasteiger partial charge is 0.393 e. The molecule has 3 saturated carbocycles. The maximum atomic E-state index is 12.7. The summed E-state index contributed by atoms with van der Waals surface area (Å²) < 4.78 is 0. The van der Waals surface area contributed by atoms with Gasteiger partial charge in [0.25, 0.3) is 0 Å². The van der Waals surface area contributed by atoms with E-state index in [9.17, 15) is 14.7 Å². The van der Waals surface area contributed by atoms with E-state index in [0.29, 0.717) is 30.1 Å². The van der Waals surface area contributed by atoms with Crippen molar-refractivity contribution in [1.29, 1.82) is 0 Å². The van der Waals surface area contributed by atoms with Gasteiger partial charge in [0.05, 0.1) is 11.5 Å². The summed E-state index contributed by atoms with van der Waals surface area (Å²) in [7, 11) is 0. The van der Waals surface area contributed by atoms with Crippen LogP contribution in [0.5, 0.6) is 0 Å². The van der Waals surface area contributed by atoms with Crippen LogP contribution in [0.1, 0.15) is 66.7 Å². The highest BCUT2D eigenvalue weighted by atomic mass is 16.3. The molecule has 26 heavy (non-hydrogen) atoms. The molecule has 0 radical (unpaired) electrons. The van der Waals surface area contributed by atoms with E-state index < -0.39 is 5.41 Å². The molecule has 0 spiro atoms. The highest BCUT2D eigenvalue weighted by Gasteiger charge is 2.65. The number of fused-ring (bicyclic) bond motifs is 5. The first-order valence-electron chi connectivity index (χ1n) is 10.6. The van der Waals surface area contributed by atoms with Gasteiger partial charge >= 0.3 is 0 Å². The Morgan fingerprint density at radius 1 is 1.12 bits per heavy atom. The maximum Gasteiger partial charge on any atom is 0.158 e. The third-order valence-corrected chi connectivity index (χ3v) is 9.54. The highest BCUT2D eigenvalue weighted by Crippen LogP contribution is 2.68. The molecule has 0 heterocycles. The number of hydrogen-bond acceptors (Lipinski definition) is 3. The van der Waals surface area contributed by atoms with Gasteiger partial charge in [-0.05, 0) is 84.7 Å². The minimum Gasteiger partial charge on any atom is -0.393 e. The second-order valence-corrected chi connectivity index (χ2v) is 10.2. The molecule has 3 heteroatoms.